The first-order valence-corrected chi connectivity index (χ1v) is 10.3. The highest BCUT2D eigenvalue weighted by Crippen LogP contribution is 2.26. The molecule has 0 aliphatic heterocycles. The normalized spacial score (nSPS) is 12.4. The number of rotatable bonds is 3. The Kier molecular flexibility index (Phi) is 5.85. The van der Waals surface area contributed by atoms with Crippen molar-refractivity contribution in [2.45, 2.75) is 43.1 Å². The summed E-state index contributed by atoms with van der Waals surface area (Å²) in [7, 11) is -8.78. The van der Waals surface area contributed by atoms with E-state index >= 15 is 0 Å². The second-order valence-electron chi connectivity index (χ2n) is 6.01. The van der Waals surface area contributed by atoms with Gasteiger partial charge in [-0.2, -0.15) is 8.42 Å². The number of amides is 1. The molecular formula is C14H19NO8S2. The number of sulfonamides is 1. The first kappa shape index (κ1) is 20.9. The lowest BCUT2D eigenvalue weighted by atomic mass is 10.2. The summed E-state index contributed by atoms with van der Waals surface area (Å²) in [6, 6.07) is 4.62. The molecule has 0 saturated heterocycles. The molecule has 0 unspecified atom stereocenters. The van der Waals surface area contributed by atoms with Gasteiger partial charge in [0.2, 0.25) is 0 Å². The van der Waals surface area contributed by atoms with E-state index in [1.54, 1.807) is 0 Å². The molecule has 1 rings (SSSR count). The van der Waals surface area contributed by atoms with Crippen molar-refractivity contribution in [3.63, 3.8) is 0 Å². The number of carbonyl (C=O) groups is 2. The van der Waals surface area contributed by atoms with E-state index in [-0.39, 0.29) is 4.47 Å². The predicted octanol–water partition coefficient (Wildman–Crippen LogP) is 1.49. The van der Waals surface area contributed by atoms with Crippen LogP contribution in [0.1, 0.15) is 27.7 Å². The first-order valence-electron chi connectivity index (χ1n) is 6.92. The number of carbonyl (C=O) groups excluding carboxylic acids is 2. The molecular weight excluding hydrogens is 374 g/mol. The third-order valence-corrected chi connectivity index (χ3v) is 5.36. The Morgan fingerprint density at radius 2 is 1.48 bits per heavy atom. The minimum atomic E-state index is -4.84. The molecule has 0 radical (unpaired) electrons. The second-order valence-corrected chi connectivity index (χ2v) is 9.72. The smallest absolute Gasteiger partial charge is 0.441 e. The Bertz CT molecular complexity index is 882. The average Bonchev–Trinajstić information content (AvgIpc) is 2.41. The largest absolute Gasteiger partial charge is 0.459 e. The zero-order valence-electron chi connectivity index (χ0n) is 14.3. The van der Waals surface area contributed by atoms with Crippen molar-refractivity contribution in [2.24, 2.45) is 0 Å². The SMILES string of the molecule is CC(=O)ON(C(=O)OC(C)(C)C)S(=O)(=O)c1ccccc1S(C)(=O)=O. The predicted molar refractivity (Wildman–Crippen MR) is 86.6 cm³/mol. The molecule has 0 spiro atoms. The van der Waals surface area contributed by atoms with E-state index in [4.69, 9.17) is 4.74 Å². The average molecular weight is 393 g/mol. The van der Waals surface area contributed by atoms with Gasteiger partial charge in [-0.05, 0) is 37.4 Å². The Balaban J connectivity index is 3.54. The molecule has 1 amide bonds. The van der Waals surface area contributed by atoms with Crippen LogP contribution in [0.15, 0.2) is 34.1 Å². The number of ether oxygens (including phenoxy) is 1. The van der Waals surface area contributed by atoms with E-state index in [0.29, 0.717) is 0 Å². The van der Waals surface area contributed by atoms with Crippen molar-refractivity contribution >= 4 is 31.9 Å². The van der Waals surface area contributed by atoms with Gasteiger partial charge in [0.15, 0.2) is 9.84 Å². The fourth-order valence-corrected chi connectivity index (χ4v) is 4.38. The third-order valence-electron chi connectivity index (χ3n) is 2.50. The van der Waals surface area contributed by atoms with Gasteiger partial charge in [-0.1, -0.05) is 12.1 Å². The molecule has 1 aromatic carbocycles. The lowest BCUT2D eigenvalue weighted by Crippen LogP contribution is -2.42. The zero-order valence-corrected chi connectivity index (χ0v) is 16.0. The molecule has 0 atom stereocenters. The lowest BCUT2D eigenvalue weighted by molar-refractivity contribution is -0.164. The summed E-state index contributed by atoms with van der Waals surface area (Å²) in [5, 5.41) is 0. The molecule has 0 aliphatic carbocycles. The maximum atomic E-state index is 12.7. The molecule has 0 N–H and O–H groups in total. The van der Waals surface area contributed by atoms with Crippen LogP contribution >= 0.6 is 0 Å². The van der Waals surface area contributed by atoms with Crippen molar-refractivity contribution in [2.75, 3.05) is 6.26 Å². The van der Waals surface area contributed by atoms with Crippen LogP contribution in [0.2, 0.25) is 0 Å². The molecule has 11 heteroatoms. The molecule has 0 saturated carbocycles. The second kappa shape index (κ2) is 7.00. The summed E-state index contributed by atoms with van der Waals surface area (Å²) in [5.74, 6) is -1.11. The van der Waals surface area contributed by atoms with Gasteiger partial charge in [-0.25, -0.2) is 18.0 Å². The zero-order chi connectivity index (χ0) is 19.6. The topological polar surface area (TPSA) is 124 Å². The summed E-state index contributed by atoms with van der Waals surface area (Å²) in [6.45, 7) is 5.32. The molecule has 0 aromatic heterocycles. The molecule has 0 aliphatic rings. The van der Waals surface area contributed by atoms with Gasteiger partial charge in [0.1, 0.15) is 10.5 Å². The van der Waals surface area contributed by atoms with Crippen LogP contribution < -0.4 is 0 Å². The maximum absolute atomic E-state index is 12.7. The minimum Gasteiger partial charge on any atom is -0.441 e. The summed E-state index contributed by atoms with van der Waals surface area (Å²) in [6.07, 6.45) is -0.670. The van der Waals surface area contributed by atoms with Crippen LogP contribution in [0, 0.1) is 0 Å². The summed E-state index contributed by atoms with van der Waals surface area (Å²) in [5.41, 5.74) is -1.08. The van der Waals surface area contributed by atoms with Crippen LogP contribution in [0.4, 0.5) is 4.79 Å². The van der Waals surface area contributed by atoms with E-state index in [1.807, 2.05) is 0 Å². The Hall–Kier alpha value is -2.14. The number of hydrogen-bond acceptors (Lipinski definition) is 8. The monoisotopic (exact) mass is 393 g/mol. The Morgan fingerprint density at radius 1 is 1.00 bits per heavy atom. The number of hydroxylamine groups is 1. The lowest BCUT2D eigenvalue weighted by Gasteiger charge is -2.25. The van der Waals surface area contributed by atoms with E-state index in [0.717, 1.165) is 25.3 Å². The molecule has 1 aromatic rings. The van der Waals surface area contributed by atoms with Crippen molar-refractivity contribution in [3.8, 4) is 0 Å². The van der Waals surface area contributed by atoms with Gasteiger partial charge in [0.05, 0.1) is 4.90 Å². The number of sulfone groups is 1. The fraction of sp³-hybridized carbons (Fsp3) is 0.429. The fourth-order valence-electron chi connectivity index (χ4n) is 1.66. The molecule has 9 nitrogen and oxygen atoms in total. The summed E-state index contributed by atoms with van der Waals surface area (Å²) >= 11 is 0. The summed E-state index contributed by atoms with van der Waals surface area (Å²) < 4.78 is 53.8. The van der Waals surface area contributed by atoms with Crippen molar-refractivity contribution in [1.82, 2.24) is 4.47 Å². The highest BCUT2D eigenvalue weighted by atomic mass is 32.2. The van der Waals surface area contributed by atoms with Crippen molar-refractivity contribution in [1.29, 1.82) is 0 Å². The molecule has 0 fully saturated rings. The Labute approximate surface area is 146 Å². The summed E-state index contributed by atoms with van der Waals surface area (Å²) in [4.78, 5) is 26.6. The van der Waals surface area contributed by atoms with Gasteiger partial charge in [-0.3, -0.25) is 0 Å². The van der Waals surface area contributed by atoms with Crippen LogP contribution in [-0.2, 0) is 34.2 Å². The maximum Gasteiger partial charge on any atom is 0.459 e. The van der Waals surface area contributed by atoms with E-state index in [9.17, 15) is 26.4 Å². The van der Waals surface area contributed by atoms with Gasteiger partial charge < -0.3 is 9.57 Å². The molecule has 0 heterocycles. The number of nitrogens with zero attached hydrogens (tertiary/aromatic N) is 1. The Morgan fingerprint density at radius 3 is 1.88 bits per heavy atom. The van der Waals surface area contributed by atoms with Crippen molar-refractivity contribution < 1.29 is 36.0 Å². The van der Waals surface area contributed by atoms with Crippen molar-refractivity contribution in [3.05, 3.63) is 24.3 Å². The van der Waals surface area contributed by atoms with Crippen LogP contribution in [0.3, 0.4) is 0 Å². The van der Waals surface area contributed by atoms with Crippen LogP contribution in [-0.4, -0.2) is 45.2 Å². The minimum absolute atomic E-state index is 0.259. The quantitative estimate of drug-likeness (QED) is 0.708. The van der Waals surface area contributed by atoms with E-state index in [2.05, 4.69) is 4.84 Å². The van der Waals surface area contributed by atoms with Gasteiger partial charge in [0.25, 0.3) is 0 Å². The molecule has 0 bridgehead atoms. The van der Waals surface area contributed by atoms with E-state index < -0.39 is 47.3 Å². The van der Waals surface area contributed by atoms with Gasteiger partial charge in [0, 0.05) is 13.2 Å². The highest BCUT2D eigenvalue weighted by molar-refractivity contribution is 7.93. The number of hydrogen-bond donors (Lipinski definition) is 0. The van der Waals surface area contributed by atoms with E-state index in [1.165, 1.54) is 32.9 Å². The number of benzene rings is 1. The van der Waals surface area contributed by atoms with Gasteiger partial charge >= 0.3 is 22.1 Å². The standard InChI is InChI=1S/C14H19NO8S2/c1-10(16)23-15(13(17)22-14(2,3)4)25(20,21)12-9-7-6-8-11(12)24(5,18)19/h6-9H,1-5H3. The van der Waals surface area contributed by atoms with Crippen LogP contribution in [0.5, 0.6) is 0 Å². The third kappa shape index (κ3) is 5.43. The van der Waals surface area contributed by atoms with Crippen LogP contribution in [0.25, 0.3) is 0 Å². The molecule has 140 valence electrons. The first-order chi connectivity index (χ1) is 11.2. The molecule has 25 heavy (non-hydrogen) atoms. The van der Waals surface area contributed by atoms with Gasteiger partial charge in [-0.15, -0.1) is 0 Å². The highest BCUT2D eigenvalue weighted by Gasteiger charge is 2.39.